The molecule has 0 unspecified atom stereocenters. The molecule has 1 heterocycles. The van der Waals surface area contributed by atoms with E-state index in [4.69, 9.17) is 4.74 Å². The van der Waals surface area contributed by atoms with Crippen LogP contribution in [-0.2, 0) is 14.3 Å². The molecule has 7 heteroatoms. The van der Waals surface area contributed by atoms with Crippen LogP contribution >= 0.6 is 0 Å². The zero-order valence-electron chi connectivity index (χ0n) is 14.1. The molecule has 1 aromatic carbocycles. The lowest BCUT2D eigenvalue weighted by Crippen LogP contribution is -2.44. The van der Waals surface area contributed by atoms with Gasteiger partial charge in [-0.3, -0.25) is 9.59 Å². The summed E-state index contributed by atoms with van der Waals surface area (Å²) in [5, 5.41) is 3.04. The number of hydrogen-bond acceptors (Lipinski definition) is 5. The van der Waals surface area contributed by atoms with Gasteiger partial charge in [-0.25, -0.2) is 9.78 Å². The fourth-order valence-electron chi connectivity index (χ4n) is 2.32. The van der Waals surface area contributed by atoms with Crippen LogP contribution in [0.4, 0.5) is 0 Å². The first-order valence-electron chi connectivity index (χ1n) is 7.76. The minimum Gasteiger partial charge on any atom is -0.453 e. The van der Waals surface area contributed by atoms with Gasteiger partial charge in [0.05, 0.1) is 10.9 Å². The number of hydrogen-bond donors (Lipinski definition) is 2. The normalized spacial score (nSPS) is 13.5. The van der Waals surface area contributed by atoms with E-state index in [1.807, 2.05) is 13.8 Å². The second-order valence-electron chi connectivity index (χ2n) is 5.97. The highest BCUT2D eigenvalue weighted by molar-refractivity contribution is 5.83. The molecular formula is C17H21N3O4. The third kappa shape index (κ3) is 3.98. The van der Waals surface area contributed by atoms with Crippen molar-refractivity contribution in [1.82, 2.24) is 15.3 Å². The number of para-hydroxylation sites is 1. The summed E-state index contributed by atoms with van der Waals surface area (Å²) in [6.45, 7) is 6.58. The molecule has 0 spiro atoms. The number of ether oxygens (including phenoxy) is 1. The van der Waals surface area contributed by atoms with E-state index >= 15 is 0 Å². The van der Waals surface area contributed by atoms with E-state index in [-0.39, 0.29) is 23.2 Å². The molecule has 1 aromatic heterocycles. The van der Waals surface area contributed by atoms with E-state index in [1.165, 1.54) is 6.92 Å². The van der Waals surface area contributed by atoms with E-state index in [1.54, 1.807) is 31.2 Å². The van der Waals surface area contributed by atoms with E-state index in [0.717, 1.165) is 0 Å². The Bertz CT molecular complexity index is 813. The first-order valence-corrected chi connectivity index (χ1v) is 7.76. The Kier molecular flexibility index (Phi) is 5.33. The second kappa shape index (κ2) is 7.25. The standard InChI is InChI=1S/C17H21N3O4/c1-9(2)14(18-11(4)21)17(23)24-10(3)15-19-13-8-6-5-7-12(13)16(22)20-15/h5-10,14H,1-4H3,(H,18,21)(H,19,20,22)/t10-,14+/m1/s1. The predicted octanol–water partition coefficient (Wildman–Crippen LogP) is 1.69. The summed E-state index contributed by atoms with van der Waals surface area (Å²) in [5.41, 5.74) is 0.238. The number of aromatic amines is 1. The molecule has 24 heavy (non-hydrogen) atoms. The average Bonchev–Trinajstić information content (AvgIpc) is 2.52. The molecule has 128 valence electrons. The van der Waals surface area contributed by atoms with Crippen LogP contribution in [0.2, 0.25) is 0 Å². The number of carbonyl (C=O) groups is 2. The maximum atomic E-state index is 12.3. The van der Waals surface area contributed by atoms with Crippen molar-refractivity contribution in [1.29, 1.82) is 0 Å². The molecule has 2 atom stereocenters. The molecule has 0 radical (unpaired) electrons. The molecule has 2 aromatic rings. The molecule has 0 aliphatic rings. The van der Waals surface area contributed by atoms with Crippen LogP contribution < -0.4 is 10.9 Å². The van der Waals surface area contributed by atoms with Crippen molar-refractivity contribution in [2.24, 2.45) is 5.92 Å². The Morgan fingerprint density at radius 1 is 1.21 bits per heavy atom. The van der Waals surface area contributed by atoms with Crippen LogP contribution in [0.1, 0.15) is 39.6 Å². The van der Waals surface area contributed by atoms with Crippen LogP contribution in [0, 0.1) is 5.92 Å². The van der Waals surface area contributed by atoms with Crippen LogP contribution in [-0.4, -0.2) is 27.9 Å². The molecule has 1 amide bonds. The van der Waals surface area contributed by atoms with Crippen LogP contribution in [0.5, 0.6) is 0 Å². The maximum Gasteiger partial charge on any atom is 0.329 e. The second-order valence-corrected chi connectivity index (χ2v) is 5.97. The number of rotatable bonds is 5. The number of nitrogens with zero attached hydrogens (tertiary/aromatic N) is 1. The van der Waals surface area contributed by atoms with E-state index < -0.39 is 18.1 Å². The number of esters is 1. The molecule has 2 rings (SSSR count). The highest BCUT2D eigenvalue weighted by atomic mass is 16.5. The third-order valence-electron chi connectivity index (χ3n) is 3.59. The number of benzene rings is 1. The predicted molar refractivity (Wildman–Crippen MR) is 89.3 cm³/mol. The third-order valence-corrected chi connectivity index (χ3v) is 3.59. The largest absolute Gasteiger partial charge is 0.453 e. The summed E-state index contributed by atoms with van der Waals surface area (Å²) < 4.78 is 5.38. The Labute approximate surface area is 139 Å². The highest BCUT2D eigenvalue weighted by Gasteiger charge is 2.27. The molecule has 7 nitrogen and oxygen atoms in total. The van der Waals surface area contributed by atoms with Crippen molar-refractivity contribution < 1.29 is 14.3 Å². The Balaban J connectivity index is 2.22. The zero-order valence-corrected chi connectivity index (χ0v) is 14.1. The van der Waals surface area contributed by atoms with Gasteiger partial charge in [-0.15, -0.1) is 0 Å². The fraction of sp³-hybridized carbons (Fsp3) is 0.412. The van der Waals surface area contributed by atoms with E-state index in [2.05, 4.69) is 15.3 Å². The van der Waals surface area contributed by atoms with Gasteiger partial charge in [0.1, 0.15) is 6.04 Å². The summed E-state index contributed by atoms with van der Waals surface area (Å²) in [7, 11) is 0. The van der Waals surface area contributed by atoms with Gasteiger partial charge in [0.2, 0.25) is 5.91 Å². The minimum atomic E-state index is -0.753. The van der Waals surface area contributed by atoms with Crippen molar-refractivity contribution in [3.05, 3.63) is 40.4 Å². The molecule has 0 saturated carbocycles. The number of amides is 1. The van der Waals surface area contributed by atoms with Crippen molar-refractivity contribution >= 4 is 22.8 Å². The maximum absolute atomic E-state index is 12.3. The SMILES string of the molecule is CC(=O)N[C@H](C(=O)O[C@H](C)c1nc2ccccc2c(=O)[nH]1)C(C)C. The van der Waals surface area contributed by atoms with Gasteiger partial charge in [0.15, 0.2) is 11.9 Å². The summed E-state index contributed by atoms with van der Waals surface area (Å²) in [6, 6.07) is 6.17. The topological polar surface area (TPSA) is 101 Å². The number of aromatic nitrogens is 2. The van der Waals surface area contributed by atoms with Crippen molar-refractivity contribution in [2.45, 2.75) is 39.8 Å². The van der Waals surface area contributed by atoms with E-state index in [9.17, 15) is 14.4 Å². The summed E-state index contributed by atoms with van der Waals surface area (Å²) in [6.07, 6.45) is -0.746. The zero-order chi connectivity index (χ0) is 17.9. The van der Waals surface area contributed by atoms with Gasteiger partial charge in [0.25, 0.3) is 5.56 Å². The number of H-pyrrole nitrogens is 1. The number of fused-ring (bicyclic) bond motifs is 1. The van der Waals surface area contributed by atoms with Gasteiger partial charge in [-0.2, -0.15) is 0 Å². The van der Waals surface area contributed by atoms with E-state index in [0.29, 0.717) is 10.9 Å². The van der Waals surface area contributed by atoms with Crippen LogP contribution in [0.15, 0.2) is 29.1 Å². The fourth-order valence-corrected chi connectivity index (χ4v) is 2.32. The molecule has 0 fully saturated rings. The van der Waals surface area contributed by atoms with Gasteiger partial charge >= 0.3 is 5.97 Å². The number of nitrogens with one attached hydrogen (secondary N) is 2. The first-order chi connectivity index (χ1) is 11.3. The average molecular weight is 331 g/mol. The molecule has 0 aliphatic carbocycles. The highest BCUT2D eigenvalue weighted by Crippen LogP contribution is 2.16. The quantitative estimate of drug-likeness (QED) is 0.812. The molecule has 0 aliphatic heterocycles. The summed E-state index contributed by atoms with van der Waals surface area (Å²) in [5.74, 6) is -0.742. The Morgan fingerprint density at radius 3 is 2.50 bits per heavy atom. The first kappa shape index (κ1) is 17.7. The lowest BCUT2D eigenvalue weighted by molar-refractivity contribution is -0.154. The van der Waals surface area contributed by atoms with Gasteiger partial charge in [-0.05, 0) is 25.0 Å². The molecule has 0 saturated heterocycles. The van der Waals surface area contributed by atoms with Crippen molar-refractivity contribution in [2.75, 3.05) is 0 Å². The van der Waals surface area contributed by atoms with Gasteiger partial charge in [0, 0.05) is 6.92 Å². The van der Waals surface area contributed by atoms with Gasteiger partial charge < -0.3 is 15.0 Å². The Morgan fingerprint density at radius 2 is 1.88 bits per heavy atom. The van der Waals surface area contributed by atoms with Crippen molar-refractivity contribution in [3.63, 3.8) is 0 Å². The summed E-state index contributed by atoms with van der Waals surface area (Å²) in [4.78, 5) is 42.6. The summed E-state index contributed by atoms with van der Waals surface area (Å²) >= 11 is 0. The number of carbonyl (C=O) groups excluding carboxylic acids is 2. The Hall–Kier alpha value is -2.70. The van der Waals surface area contributed by atoms with Gasteiger partial charge in [-0.1, -0.05) is 26.0 Å². The van der Waals surface area contributed by atoms with Crippen molar-refractivity contribution in [3.8, 4) is 0 Å². The lowest BCUT2D eigenvalue weighted by atomic mass is 10.0. The monoisotopic (exact) mass is 331 g/mol. The molecule has 0 bridgehead atoms. The minimum absolute atomic E-state index is 0.128. The molecular weight excluding hydrogens is 310 g/mol. The van der Waals surface area contributed by atoms with Crippen LogP contribution in [0.3, 0.4) is 0 Å². The van der Waals surface area contributed by atoms with Crippen LogP contribution in [0.25, 0.3) is 10.9 Å². The molecule has 2 N–H and O–H groups in total. The smallest absolute Gasteiger partial charge is 0.329 e. The lowest BCUT2D eigenvalue weighted by Gasteiger charge is -2.22.